The number of methoxy groups -OCH3 is 2. The Kier molecular flexibility index (Phi) is 6.68. The van der Waals surface area contributed by atoms with Gasteiger partial charge in [-0.3, -0.25) is 4.79 Å². The van der Waals surface area contributed by atoms with Crippen molar-refractivity contribution in [2.45, 2.75) is 39.2 Å². The van der Waals surface area contributed by atoms with Gasteiger partial charge in [0.1, 0.15) is 21.6 Å². The molecule has 0 fully saturated rings. The van der Waals surface area contributed by atoms with E-state index in [9.17, 15) is 4.79 Å². The molecule has 1 aromatic carbocycles. The lowest BCUT2D eigenvalue weighted by Gasteiger charge is -2.30. The third-order valence-electron chi connectivity index (χ3n) is 3.71. The molecule has 1 rings (SSSR count). The number of carbonyl (C=O) groups is 1. The smallest absolute Gasteiger partial charge is 0.198 e. The van der Waals surface area contributed by atoms with Crippen LogP contribution in [-0.2, 0) is 4.74 Å². The fourth-order valence-electron chi connectivity index (χ4n) is 2.44. The fourth-order valence-corrected chi connectivity index (χ4v) is 3.11. The zero-order valence-electron chi connectivity index (χ0n) is 13.3. The van der Waals surface area contributed by atoms with Gasteiger partial charge in [0.2, 0.25) is 0 Å². The van der Waals surface area contributed by atoms with Gasteiger partial charge >= 0.3 is 0 Å². The van der Waals surface area contributed by atoms with Crippen LogP contribution < -0.4 is 9.47 Å². The van der Waals surface area contributed by atoms with Gasteiger partial charge in [-0.25, -0.2) is 0 Å². The summed E-state index contributed by atoms with van der Waals surface area (Å²) in [6, 6.07) is 3.48. The molecule has 0 atom stereocenters. The molecule has 21 heavy (non-hydrogen) atoms. The van der Waals surface area contributed by atoms with Gasteiger partial charge in [0.15, 0.2) is 5.78 Å². The molecule has 0 saturated carbocycles. The van der Waals surface area contributed by atoms with E-state index >= 15 is 0 Å². The van der Waals surface area contributed by atoms with Crippen molar-refractivity contribution in [2.24, 2.45) is 0 Å². The minimum atomic E-state index is -0.809. The van der Waals surface area contributed by atoms with E-state index in [0.717, 1.165) is 0 Å². The highest BCUT2D eigenvalue weighted by Gasteiger charge is 2.38. The predicted molar refractivity (Wildman–Crippen MR) is 86.5 cm³/mol. The van der Waals surface area contributed by atoms with Gasteiger partial charge < -0.3 is 14.2 Å². The third-order valence-corrected chi connectivity index (χ3v) is 4.46. The van der Waals surface area contributed by atoms with Crippen LogP contribution in [-0.4, -0.2) is 32.2 Å². The molecule has 0 heterocycles. The lowest BCUT2D eigenvalue weighted by atomic mass is 9.87. The van der Waals surface area contributed by atoms with Crippen molar-refractivity contribution in [1.82, 2.24) is 0 Å². The largest absolute Gasteiger partial charge is 0.495 e. The van der Waals surface area contributed by atoms with Gasteiger partial charge in [0.05, 0.1) is 19.8 Å². The summed E-state index contributed by atoms with van der Waals surface area (Å²) in [5.41, 5.74) is -0.307. The molecule has 118 valence electrons. The molecule has 0 saturated heterocycles. The van der Waals surface area contributed by atoms with Crippen molar-refractivity contribution in [2.75, 3.05) is 20.8 Å². The molecule has 0 aliphatic rings. The fraction of sp³-hybridized carbons (Fsp3) is 0.562. The molecule has 0 bridgehead atoms. The second-order valence-electron chi connectivity index (χ2n) is 4.63. The summed E-state index contributed by atoms with van der Waals surface area (Å²) in [5, 5.41) is 0. The molecule has 0 spiro atoms. The maximum Gasteiger partial charge on any atom is 0.198 e. The predicted octanol–water partition coefficient (Wildman–Crippen LogP) is 4.24. The van der Waals surface area contributed by atoms with Gasteiger partial charge in [-0.15, -0.1) is 0 Å². The topological polar surface area (TPSA) is 44.8 Å². The Labute approximate surface area is 134 Å². The number of halogens is 1. The molecule has 0 amide bonds. The maximum atomic E-state index is 13.0. The Morgan fingerprint density at radius 2 is 1.76 bits per heavy atom. The van der Waals surface area contributed by atoms with Gasteiger partial charge in [0, 0.05) is 6.61 Å². The van der Waals surface area contributed by atoms with E-state index in [-0.39, 0.29) is 5.78 Å². The summed E-state index contributed by atoms with van der Waals surface area (Å²) in [5.74, 6) is 1.04. The molecule has 1 aromatic rings. The molecule has 0 aliphatic carbocycles. The lowest BCUT2D eigenvalue weighted by Crippen LogP contribution is -2.40. The highest BCUT2D eigenvalue weighted by Crippen LogP contribution is 2.39. The van der Waals surface area contributed by atoms with Crippen LogP contribution in [0.25, 0.3) is 0 Å². The highest BCUT2D eigenvalue weighted by atomic mass is 79.9. The van der Waals surface area contributed by atoms with Crippen molar-refractivity contribution in [1.29, 1.82) is 0 Å². The van der Waals surface area contributed by atoms with Crippen molar-refractivity contribution < 1.29 is 19.0 Å². The standard InChI is InChI=1S/C16H23BrO4/c1-6-16(7-2,21-8-3)15(18)11-9-10-12(19-4)13(17)14(11)20-5/h9-10H,6-8H2,1-5H3. The Morgan fingerprint density at radius 1 is 1.14 bits per heavy atom. The van der Waals surface area contributed by atoms with E-state index in [1.54, 1.807) is 19.2 Å². The molecular formula is C16H23BrO4. The third kappa shape index (κ3) is 3.40. The van der Waals surface area contributed by atoms with Crippen molar-refractivity contribution in [3.05, 3.63) is 22.2 Å². The Bertz CT molecular complexity index is 495. The van der Waals surface area contributed by atoms with Gasteiger partial charge in [0.25, 0.3) is 0 Å². The second kappa shape index (κ2) is 7.80. The number of Topliss-reactive ketones (excluding diaryl/α,β-unsaturated/α-hetero) is 1. The summed E-state index contributed by atoms with van der Waals surface area (Å²) in [7, 11) is 3.11. The first-order valence-corrected chi connectivity index (χ1v) is 7.89. The summed E-state index contributed by atoms with van der Waals surface area (Å²) in [6.45, 7) is 6.31. The van der Waals surface area contributed by atoms with Crippen LogP contribution in [0.5, 0.6) is 11.5 Å². The molecular weight excluding hydrogens is 336 g/mol. The first-order chi connectivity index (χ1) is 10.0. The normalized spacial score (nSPS) is 11.3. The zero-order chi connectivity index (χ0) is 16.0. The van der Waals surface area contributed by atoms with E-state index in [4.69, 9.17) is 14.2 Å². The van der Waals surface area contributed by atoms with Gasteiger partial charge in [-0.05, 0) is 47.8 Å². The maximum absolute atomic E-state index is 13.0. The molecule has 4 nitrogen and oxygen atoms in total. The van der Waals surface area contributed by atoms with Crippen LogP contribution in [0.4, 0.5) is 0 Å². The van der Waals surface area contributed by atoms with E-state index < -0.39 is 5.60 Å². The molecule has 0 aromatic heterocycles. The number of ether oxygens (including phenoxy) is 3. The van der Waals surface area contributed by atoms with Crippen molar-refractivity contribution in [3.8, 4) is 11.5 Å². The molecule has 0 N–H and O–H groups in total. The molecule has 0 aliphatic heterocycles. The Morgan fingerprint density at radius 3 is 2.19 bits per heavy atom. The number of benzene rings is 1. The Balaban J connectivity index is 3.38. The number of carbonyl (C=O) groups excluding carboxylic acids is 1. The monoisotopic (exact) mass is 358 g/mol. The highest BCUT2D eigenvalue weighted by molar-refractivity contribution is 9.10. The minimum absolute atomic E-state index is 0.0606. The average molecular weight is 359 g/mol. The van der Waals surface area contributed by atoms with Crippen molar-refractivity contribution in [3.63, 3.8) is 0 Å². The van der Waals surface area contributed by atoms with Gasteiger partial charge in [-0.2, -0.15) is 0 Å². The zero-order valence-corrected chi connectivity index (χ0v) is 14.9. The molecule has 0 unspecified atom stereocenters. The molecule has 0 radical (unpaired) electrons. The quantitative estimate of drug-likeness (QED) is 0.651. The van der Waals surface area contributed by atoms with Crippen molar-refractivity contribution >= 4 is 21.7 Å². The SMILES string of the molecule is CCOC(CC)(CC)C(=O)c1ccc(OC)c(Br)c1OC. The first kappa shape index (κ1) is 18.0. The first-order valence-electron chi connectivity index (χ1n) is 7.10. The van der Waals surface area contributed by atoms with Crippen LogP contribution in [0.1, 0.15) is 44.0 Å². The summed E-state index contributed by atoms with van der Waals surface area (Å²) in [4.78, 5) is 13.0. The molecule has 5 heteroatoms. The van der Waals surface area contributed by atoms with E-state index in [1.807, 2.05) is 20.8 Å². The summed E-state index contributed by atoms with van der Waals surface area (Å²) >= 11 is 3.43. The summed E-state index contributed by atoms with van der Waals surface area (Å²) < 4.78 is 17.1. The number of rotatable bonds is 8. The number of hydrogen-bond donors (Lipinski definition) is 0. The Hall–Kier alpha value is -1.07. The van der Waals surface area contributed by atoms with Gasteiger partial charge in [-0.1, -0.05) is 13.8 Å². The van der Waals surface area contributed by atoms with Crippen LogP contribution in [0, 0.1) is 0 Å². The minimum Gasteiger partial charge on any atom is -0.495 e. The summed E-state index contributed by atoms with van der Waals surface area (Å²) in [6.07, 6.45) is 1.23. The number of ketones is 1. The van der Waals surface area contributed by atoms with E-state index in [2.05, 4.69) is 15.9 Å². The van der Waals surface area contributed by atoms with Crippen LogP contribution in [0.2, 0.25) is 0 Å². The lowest BCUT2D eigenvalue weighted by molar-refractivity contribution is -0.0252. The van der Waals surface area contributed by atoms with Crippen LogP contribution in [0.15, 0.2) is 16.6 Å². The van der Waals surface area contributed by atoms with Crippen LogP contribution >= 0.6 is 15.9 Å². The number of hydrogen-bond acceptors (Lipinski definition) is 4. The van der Waals surface area contributed by atoms with E-state index in [0.29, 0.717) is 41.0 Å². The van der Waals surface area contributed by atoms with E-state index in [1.165, 1.54) is 7.11 Å². The van der Waals surface area contributed by atoms with Crippen LogP contribution in [0.3, 0.4) is 0 Å². The second-order valence-corrected chi connectivity index (χ2v) is 5.42. The average Bonchev–Trinajstić information content (AvgIpc) is 2.51.